The van der Waals surface area contributed by atoms with Crippen LogP contribution in [0.5, 0.6) is 17.2 Å². The summed E-state index contributed by atoms with van der Waals surface area (Å²) in [7, 11) is 4.47. The molecule has 0 spiro atoms. The number of hydrogen-bond acceptors (Lipinski definition) is 5. The first-order valence-corrected chi connectivity index (χ1v) is 8.19. The van der Waals surface area contributed by atoms with Gasteiger partial charge in [0.15, 0.2) is 11.5 Å². The van der Waals surface area contributed by atoms with Crippen LogP contribution in [0.4, 0.5) is 10.5 Å². The van der Waals surface area contributed by atoms with E-state index in [4.69, 9.17) is 19.3 Å². The number of carboxylic acid groups (broad SMARTS) is 1. The number of benzene rings is 1. The number of hydrogen-bond donors (Lipinski definition) is 3. The summed E-state index contributed by atoms with van der Waals surface area (Å²) in [5, 5.41) is 14.5. The molecule has 0 heterocycles. The fourth-order valence-electron chi connectivity index (χ4n) is 2.44. The van der Waals surface area contributed by atoms with Gasteiger partial charge in [-0.3, -0.25) is 4.79 Å². The zero-order chi connectivity index (χ0) is 19.9. The number of carbonyl (C=O) groups excluding carboxylic acids is 1. The SMILES string of the molecule is COc1cc(NC(=O)NCC(CC(=O)O)C(C)(C)C)cc(OC)c1OC. The van der Waals surface area contributed by atoms with E-state index in [-0.39, 0.29) is 24.3 Å². The van der Waals surface area contributed by atoms with Crippen molar-refractivity contribution < 1.29 is 28.9 Å². The second-order valence-corrected chi connectivity index (χ2v) is 6.91. The van der Waals surface area contributed by atoms with E-state index in [1.807, 2.05) is 20.8 Å². The van der Waals surface area contributed by atoms with Crippen molar-refractivity contribution >= 4 is 17.7 Å². The Morgan fingerprint density at radius 2 is 1.62 bits per heavy atom. The molecule has 0 aromatic heterocycles. The second kappa shape index (κ2) is 9.17. The Kier molecular flexibility index (Phi) is 7.55. The molecule has 0 aliphatic rings. The van der Waals surface area contributed by atoms with E-state index in [9.17, 15) is 9.59 Å². The Hall–Kier alpha value is -2.64. The predicted molar refractivity (Wildman–Crippen MR) is 98.3 cm³/mol. The van der Waals surface area contributed by atoms with Crippen molar-refractivity contribution in [1.29, 1.82) is 0 Å². The van der Waals surface area contributed by atoms with Crippen LogP contribution >= 0.6 is 0 Å². The lowest BCUT2D eigenvalue weighted by Crippen LogP contribution is -2.38. The van der Waals surface area contributed by atoms with Gasteiger partial charge in [0, 0.05) is 18.7 Å². The molecule has 2 amide bonds. The first-order valence-electron chi connectivity index (χ1n) is 8.19. The minimum atomic E-state index is -0.892. The molecule has 1 aromatic rings. The molecule has 26 heavy (non-hydrogen) atoms. The summed E-state index contributed by atoms with van der Waals surface area (Å²) in [4.78, 5) is 23.2. The third-order valence-electron chi connectivity index (χ3n) is 4.08. The topological polar surface area (TPSA) is 106 Å². The van der Waals surface area contributed by atoms with Crippen LogP contribution in [-0.2, 0) is 4.79 Å². The monoisotopic (exact) mass is 368 g/mol. The van der Waals surface area contributed by atoms with Gasteiger partial charge < -0.3 is 30.0 Å². The van der Waals surface area contributed by atoms with Gasteiger partial charge >= 0.3 is 12.0 Å². The van der Waals surface area contributed by atoms with Crippen molar-refractivity contribution in [1.82, 2.24) is 5.32 Å². The zero-order valence-electron chi connectivity index (χ0n) is 16.1. The van der Waals surface area contributed by atoms with Gasteiger partial charge in [0.25, 0.3) is 0 Å². The van der Waals surface area contributed by atoms with Gasteiger partial charge in [-0.2, -0.15) is 0 Å². The number of methoxy groups -OCH3 is 3. The molecule has 0 aliphatic heterocycles. The number of anilines is 1. The molecule has 146 valence electrons. The number of amides is 2. The van der Waals surface area contributed by atoms with Crippen molar-refractivity contribution in [3.05, 3.63) is 12.1 Å². The van der Waals surface area contributed by atoms with Crippen molar-refractivity contribution in [2.24, 2.45) is 11.3 Å². The number of urea groups is 1. The van der Waals surface area contributed by atoms with Gasteiger partial charge in [-0.25, -0.2) is 4.79 Å². The van der Waals surface area contributed by atoms with Crippen LogP contribution < -0.4 is 24.8 Å². The van der Waals surface area contributed by atoms with Crippen LogP contribution in [0, 0.1) is 11.3 Å². The number of ether oxygens (including phenoxy) is 3. The van der Waals surface area contributed by atoms with Gasteiger partial charge in [-0.15, -0.1) is 0 Å². The maximum absolute atomic E-state index is 12.2. The fourth-order valence-corrected chi connectivity index (χ4v) is 2.44. The van der Waals surface area contributed by atoms with Gasteiger partial charge in [0.1, 0.15) is 0 Å². The van der Waals surface area contributed by atoms with Crippen LogP contribution in [0.1, 0.15) is 27.2 Å². The average Bonchev–Trinajstić information content (AvgIpc) is 2.56. The molecular weight excluding hydrogens is 340 g/mol. The molecule has 0 saturated heterocycles. The van der Waals surface area contributed by atoms with Crippen LogP contribution in [0.2, 0.25) is 0 Å². The Labute approximate surface area is 153 Å². The van der Waals surface area contributed by atoms with E-state index in [1.54, 1.807) is 12.1 Å². The van der Waals surface area contributed by atoms with E-state index < -0.39 is 12.0 Å². The van der Waals surface area contributed by atoms with E-state index in [2.05, 4.69) is 10.6 Å². The summed E-state index contributed by atoms with van der Waals surface area (Å²) in [6.07, 6.45) is -0.0199. The highest BCUT2D eigenvalue weighted by Gasteiger charge is 2.27. The van der Waals surface area contributed by atoms with Crippen LogP contribution in [0.15, 0.2) is 12.1 Å². The molecule has 0 radical (unpaired) electrons. The maximum Gasteiger partial charge on any atom is 0.319 e. The fraction of sp³-hybridized carbons (Fsp3) is 0.556. The first-order chi connectivity index (χ1) is 12.1. The molecule has 8 nitrogen and oxygen atoms in total. The zero-order valence-corrected chi connectivity index (χ0v) is 16.1. The predicted octanol–water partition coefficient (Wildman–Crippen LogP) is 2.97. The van der Waals surface area contributed by atoms with Crippen LogP contribution in [0.3, 0.4) is 0 Å². The standard InChI is InChI=1S/C18H28N2O6/c1-18(2,3)11(7-15(21)22)10-19-17(23)20-12-8-13(24-4)16(26-6)14(9-12)25-5/h8-9,11H,7,10H2,1-6H3,(H,21,22)(H2,19,20,23). The summed E-state index contributed by atoms with van der Waals surface area (Å²) in [5.41, 5.74) is 0.209. The summed E-state index contributed by atoms with van der Waals surface area (Å²) in [6, 6.07) is 2.78. The largest absolute Gasteiger partial charge is 0.493 e. The molecule has 0 fully saturated rings. The number of carboxylic acids is 1. The summed E-state index contributed by atoms with van der Waals surface area (Å²) < 4.78 is 15.7. The van der Waals surface area contributed by atoms with Gasteiger partial charge in [-0.05, 0) is 11.3 Å². The number of aliphatic carboxylic acids is 1. The van der Waals surface area contributed by atoms with E-state index in [0.717, 1.165) is 0 Å². The van der Waals surface area contributed by atoms with E-state index in [0.29, 0.717) is 22.9 Å². The number of rotatable bonds is 8. The second-order valence-electron chi connectivity index (χ2n) is 6.91. The van der Waals surface area contributed by atoms with Gasteiger partial charge in [0.05, 0.1) is 33.4 Å². The van der Waals surface area contributed by atoms with E-state index >= 15 is 0 Å². The highest BCUT2D eigenvalue weighted by atomic mass is 16.5. The van der Waals surface area contributed by atoms with E-state index in [1.165, 1.54) is 21.3 Å². The van der Waals surface area contributed by atoms with Crippen LogP contribution in [0.25, 0.3) is 0 Å². The molecule has 1 aromatic carbocycles. The Bertz CT molecular complexity index is 614. The summed E-state index contributed by atoms with van der Waals surface area (Å²) >= 11 is 0. The number of nitrogens with one attached hydrogen (secondary N) is 2. The molecule has 0 aliphatic carbocycles. The van der Waals surface area contributed by atoms with Crippen molar-refractivity contribution in [2.45, 2.75) is 27.2 Å². The lowest BCUT2D eigenvalue weighted by Gasteiger charge is -2.29. The van der Waals surface area contributed by atoms with Gasteiger partial charge in [0.2, 0.25) is 5.75 Å². The molecule has 1 atom stereocenters. The smallest absolute Gasteiger partial charge is 0.319 e. The van der Waals surface area contributed by atoms with Crippen molar-refractivity contribution in [3.63, 3.8) is 0 Å². The maximum atomic E-state index is 12.2. The molecule has 3 N–H and O–H groups in total. The van der Waals surface area contributed by atoms with Crippen molar-refractivity contribution in [3.8, 4) is 17.2 Å². The third-order valence-corrected chi connectivity index (χ3v) is 4.08. The molecule has 8 heteroatoms. The lowest BCUT2D eigenvalue weighted by atomic mass is 9.79. The minimum absolute atomic E-state index is 0.0199. The van der Waals surface area contributed by atoms with Gasteiger partial charge in [-0.1, -0.05) is 20.8 Å². The highest BCUT2D eigenvalue weighted by Crippen LogP contribution is 2.39. The third kappa shape index (κ3) is 6.02. The van der Waals surface area contributed by atoms with Crippen LogP contribution in [-0.4, -0.2) is 45.0 Å². The van der Waals surface area contributed by atoms with Crippen molar-refractivity contribution in [2.75, 3.05) is 33.2 Å². The normalized spacial score (nSPS) is 12.1. The summed E-state index contributed by atoms with van der Waals surface area (Å²) in [5.74, 6) is 0.166. The number of carbonyl (C=O) groups is 2. The average molecular weight is 368 g/mol. The molecule has 0 bridgehead atoms. The molecule has 1 rings (SSSR count). The Morgan fingerprint density at radius 3 is 2.00 bits per heavy atom. The minimum Gasteiger partial charge on any atom is -0.493 e. The highest BCUT2D eigenvalue weighted by molar-refractivity contribution is 5.90. The first kappa shape index (κ1) is 21.4. The lowest BCUT2D eigenvalue weighted by molar-refractivity contribution is -0.139. The molecular formula is C18H28N2O6. The molecule has 0 saturated carbocycles. The molecule has 1 unspecified atom stereocenters. The quantitative estimate of drug-likeness (QED) is 0.651. The Morgan fingerprint density at radius 1 is 1.08 bits per heavy atom. The Balaban J connectivity index is 2.83. The summed E-state index contributed by atoms with van der Waals surface area (Å²) in [6.45, 7) is 6.07.